The lowest BCUT2D eigenvalue weighted by atomic mass is 10.1. The van der Waals surface area contributed by atoms with Crippen molar-refractivity contribution in [3.8, 4) is 5.75 Å². The van der Waals surface area contributed by atoms with Gasteiger partial charge in [0.2, 0.25) is 5.91 Å². The molecule has 2 rings (SSSR count). The minimum Gasteiger partial charge on any atom is -0.493 e. The van der Waals surface area contributed by atoms with Crippen molar-refractivity contribution < 1.29 is 9.53 Å². The van der Waals surface area contributed by atoms with Gasteiger partial charge in [-0.1, -0.05) is 24.3 Å². The van der Waals surface area contributed by atoms with Crippen LogP contribution in [-0.2, 0) is 11.2 Å². The Morgan fingerprint density at radius 3 is 2.82 bits per heavy atom. The van der Waals surface area contributed by atoms with Crippen LogP contribution >= 0.6 is 0 Å². The molecule has 4 heteroatoms. The largest absolute Gasteiger partial charge is 0.493 e. The predicted molar refractivity (Wildman–Crippen MR) is 88.9 cm³/mol. The molecule has 0 aliphatic carbocycles. The van der Waals surface area contributed by atoms with Crippen molar-refractivity contribution in [2.24, 2.45) is 5.73 Å². The van der Waals surface area contributed by atoms with Gasteiger partial charge in [0.05, 0.1) is 6.61 Å². The van der Waals surface area contributed by atoms with Crippen LogP contribution in [0.4, 0.5) is 0 Å². The highest BCUT2D eigenvalue weighted by molar-refractivity contribution is 5.76. The number of hydrogen-bond donors (Lipinski definition) is 1. The summed E-state index contributed by atoms with van der Waals surface area (Å²) < 4.78 is 5.81. The zero-order valence-electron chi connectivity index (χ0n) is 13.2. The number of ether oxygens (including phenoxy) is 1. The normalized spacial score (nSPS) is 15.6. The average molecular weight is 302 g/mol. The highest BCUT2D eigenvalue weighted by Crippen LogP contribution is 2.19. The Kier molecular flexibility index (Phi) is 6.46. The number of para-hydroxylation sites is 1. The third-order valence-electron chi connectivity index (χ3n) is 4.02. The smallest absolute Gasteiger partial charge is 0.222 e. The minimum absolute atomic E-state index is 0.217. The number of carbonyl (C=O) groups excluding carboxylic acids is 1. The van der Waals surface area contributed by atoms with Crippen molar-refractivity contribution in [3.05, 3.63) is 42.5 Å². The molecular formula is C18H26N2O2. The monoisotopic (exact) mass is 302 g/mol. The van der Waals surface area contributed by atoms with E-state index in [1.54, 1.807) is 0 Å². The molecule has 1 fully saturated rings. The van der Waals surface area contributed by atoms with E-state index in [0.29, 0.717) is 13.0 Å². The molecule has 1 amide bonds. The molecule has 0 unspecified atom stereocenters. The summed E-state index contributed by atoms with van der Waals surface area (Å²) in [6.07, 6.45) is 5.77. The lowest BCUT2D eigenvalue weighted by molar-refractivity contribution is -0.132. The van der Waals surface area contributed by atoms with Crippen LogP contribution in [-0.4, -0.2) is 36.5 Å². The van der Waals surface area contributed by atoms with Gasteiger partial charge in [-0.2, -0.15) is 0 Å². The molecule has 1 aliphatic heterocycles. The van der Waals surface area contributed by atoms with E-state index in [0.717, 1.165) is 50.1 Å². The number of amides is 1. The maximum absolute atomic E-state index is 12.1. The first-order valence-corrected chi connectivity index (χ1v) is 8.05. The molecule has 0 aromatic heterocycles. The molecule has 120 valence electrons. The Bertz CT molecular complexity index is 494. The Balaban J connectivity index is 1.71. The first-order valence-electron chi connectivity index (χ1n) is 8.05. The van der Waals surface area contributed by atoms with Gasteiger partial charge in [0.1, 0.15) is 5.75 Å². The molecule has 1 aliphatic rings. The predicted octanol–water partition coefficient (Wildman–Crippen LogP) is 2.52. The van der Waals surface area contributed by atoms with Crippen molar-refractivity contribution >= 4 is 5.91 Å². The van der Waals surface area contributed by atoms with E-state index in [4.69, 9.17) is 10.5 Å². The summed E-state index contributed by atoms with van der Waals surface area (Å²) in [5.41, 5.74) is 6.99. The van der Waals surface area contributed by atoms with Crippen LogP contribution in [0.3, 0.4) is 0 Å². The molecule has 1 aromatic rings. The quantitative estimate of drug-likeness (QED) is 0.622. The molecule has 0 spiro atoms. The van der Waals surface area contributed by atoms with E-state index >= 15 is 0 Å². The van der Waals surface area contributed by atoms with Gasteiger partial charge in [-0.25, -0.2) is 0 Å². The Hall–Kier alpha value is -1.81. The van der Waals surface area contributed by atoms with Crippen LogP contribution in [0, 0.1) is 0 Å². The standard InChI is InChI=1S/C18H26N2O2/c1-2-6-15-7-3-4-8-17(15)22-14-5-9-18(21)20-12-10-16(19)11-13-20/h2-4,7-8,16H,1,5-6,9-14,19H2. The zero-order valence-corrected chi connectivity index (χ0v) is 13.2. The number of allylic oxidation sites excluding steroid dienone is 1. The van der Waals surface area contributed by atoms with E-state index in [2.05, 4.69) is 6.58 Å². The van der Waals surface area contributed by atoms with Crippen molar-refractivity contribution in [1.29, 1.82) is 0 Å². The Morgan fingerprint density at radius 1 is 1.36 bits per heavy atom. The molecular weight excluding hydrogens is 276 g/mol. The maximum atomic E-state index is 12.1. The van der Waals surface area contributed by atoms with Crippen molar-refractivity contribution in [1.82, 2.24) is 4.90 Å². The summed E-state index contributed by atoms with van der Waals surface area (Å²) in [6, 6.07) is 8.22. The topological polar surface area (TPSA) is 55.6 Å². The highest BCUT2D eigenvalue weighted by Gasteiger charge is 2.19. The minimum atomic E-state index is 0.217. The number of benzene rings is 1. The summed E-state index contributed by atoms with van der Waals surface area (Å²) >= 11 is 0. The van der Waals surface area contributed by atoms with Crippen LogP contribution in [0.15, 0.2) is 36.9 Å². The first kappa shape index (κ1) is 16.6. The lowest BCUT2D eigenvalue weighted by Gasteiger charge is -2.30. The molecule has 0 radical (unpaired) electrons. The summed E-state index contributed by atoms with van der Waals surface area (Å²) in [6.45, 7) is 5.91. The molecule has 2 N–H and O–H groups in total. The number of piperidine rings is 1. The second kappa shape index (κ2) is 8.59. The van der Waals surface area contributed by atoms with Gasteiger partial charge in [0.15, 0.2) is 0 Å². The first-order chi connectivity index (χ1) is 10.7. The summed E-state index contributed by atoms with van der Waals surface area (Å²) in [7, 11) is 0. The summed E-state index contributed by atoms with van der Waals surface area (Å²) in [5, 5.41) is 0. The fraction of sp³-hybridized carbons (Fsp3) is 0.500. The number of hydrogen-bond acceptors (Lipinski definition) is 3. The number of nitrogens with zero attached hydrogens (tertiary/aromatic N) is 1. The Morgan fingerprint density at radius 2 is 2.09 bits per heavy atom. The molecule has 1 saturated heterocycles. The molecule has 22 heavy (non-hydrogen) atoms. The van der Waals surface area contributed by atoms with Crippen LogP contribution in [0.25, 0.3) is 0 Å². The fourth-order valence-corrected chi connectivity index (χ4v) is 2.68. The highest BCUT2D eigenvalue weighted by atomic mass is 16.5. The van der Waals surface area contributed by atoms with Gasteiger partial charge in [-0.05, 0) is 37.3 Å². The number of nitrogens with two attached hydrogens (primary N) is 1. The number of likely N-dealkylation sites (tertiary alicyclic amines) is 1. The molecule has 4 nitrogen and oxygen atoms in total. The molecule has 0 atom stereocenters. The molecule has 1 heterocycles. The van der Waals surface area contributed by atoms with Crippen LogP contribution in [0.5, 0.6) is 5.75 Å². The van der Waals surface area contributed by atoms with Crippen LogP contribution in [0.2, 0.25) is 0 Å². The second-order valence-corrected chi connectivity index (χ2v) is 5.77. The zero-order chi connectivity index (χ0) is 15.8. The molecule has 0 saturated carbocycles. The number of rotatable bonds is 7. The van der Waals surface area contributed by atoms with Gasteiger partial charge in [0.25, 0.3) is 0 Å². The van der Waals surface area contributed by atoms with Gasteiger partial charge in [0, 0.05) is 25.6 Å². The van der Waals surface area contributed by atoms with E-state index in [1.807, 2.05) is 35.2 Å². The van der Waals surface area contributed by atoms with E-state index in [1.165, 1.54) is 0 Å². The molecule has 1 aromatic carbocycles. The van der Waals surface area contributed by atoms with Crippen molar-refractivity contribution in [3.63, 3.8) is 0 Å². The van der Waals surface area contributed by atoms with Gasteiger partial charge < -0.3 is 15.4 Å². The van der Waals surface area contributed by atoms with Crippen molar-refractivity contribution in [2.75, 3.05) is 19.7 Å². The second-order valence-electron chi connectivity index (χ2n) is 5.77. The number of carbonyl (C=O) groups is 1. The lowest BCUT2D eigenvalue weighted by Crippen LogP contribution is -2.42. The van der Waals surface area contributed by atoms with Gasteiger partial charge >= 0.3 is 0 Å². The van der Waals surface area contributed by atoms with E-state index in [-0.39, 0.29) is 11.9 Å². The fourth-order valence-electron chi connectivity index (χ4n) is 2.68. The third kappa shape index (κ3) is 4.88. The van der Waals surface area contributed by atoms with Crippen LogP contribution in [0.1, 0.15) is 31.2 Å². The van der Waals surface area contributed by atoms with Crippen molar-refractivity contribution in [2.45, 2.75) is 38.1 Å². The summed E-state index contributed by atoms with van der Waals surface area (Å²) in [4.78, 5) is 14.0. The Labute approximate surface area is 132 Å². The van der Waals surface area contributed by atoms with Gasteiger partial charge in [-0.3, -0.25) is 4.79 Å². The van der Waals surface area contributed by atoms with E-state index in [9.17, 15) is 4.79 Å². The SMILES string of the molecule is C=CCc1ccccc1OCCCC(=O)N1CCC(N)CC1. The summed E-state index contributed by atoms with van der Waals surface area (Å²) in [5.74, 6) is 1.11. The average Bonchev–Trinajstić information content (AvgIpc) is 2.53. The molecule has 0 bridgehead atoms. The van der Waals surface area contributed by atoms with Crippen LogP contribution < -0.4 is 10.5 Å². The third-order valence-corrected chi connectivity index (χ3v) is 4.02. The maximum Gasteiger partial charge on any atom is 0.222 e. The van der Waals surface area contributed by atoms with Gasteiger partial charge in [-0.15, -0.1) is 6.58 Å². The van der Waals surface area contributed by atoms with E-state index < -0.39 is 0 Å².